The van der Waals surface area contributed by atoms with Crippen LogP contribution in [0, 0.1) is 5.92 Å². The Morgan fingerprint density at radius 1 is 1.53 bits per heavy atom. The number of nitrogens with one attached hydrogen (secondary N) is 2. The molecular weight excluding hydrogens is 216 g/mol. The van der Waals surface area contributed by atoms with Crippen LogP contribution in [0.4, 0.5) is 5.69 Å². The third-order valence-corrected chi connectivity index (χ3v) is 3.25. The summed E-state index contributed by atoms with van der Waals surface area (Å²) in [6.07, 6.45) is 5.48. The Morgan fingerprint density at radius 2 is 2.24 bits per heavy atom. The van der Waals surface area contributed by atoms with Crippen LogP contribution < -0.4 is 16.6 Å². The first-order valence-electron chi connectivity index (χ1n) is 5.78. The monoisotopic (exact) mass is 234 g/mol. The minimum Gasteiger partial charge on any atom is -0.347 e. The molecule has 92 valence electrons. The van der Waals surface area contributed by atoms with Crippen molar-refractivity contribution < 1.29 is 4.79 Å². The minimum atomic E-state index is -0.168. The van der Waals surface area contributed by atoms with E-state index >= 15 is 0 Å². The predicted octanol–water partition coefficient (Wildman–Crippen LogP) is 1.29. The van der Waals surface area contributed by atoms with Crippen LogP contribution in [0.25, 0.3) is 0 Å². The normalized spacial score (nSPS) is 15.5. The van der Waals surface area contributed by atoms with Gasteiger partial charge in [-0.25, -0.2) is 0 Å². The first kappa shape index (κ1) is 11.9. The molecule has 1 aliphatic carbocycles. The summed E-state index contributed by atoms with van der Waals surface area (Å²) in [4.78, 5) is 16.1. The van der Waals surface area contributed by atoms with E-state index in [0.29, 0.717) is 17.2 Å². The van der Waals surface area contributed by atoms with Crippen molar-refractivity contribution in [3.63, 3.8) is 0 Å². The fourth-order valence-corrected chi connectivity index (χ4v) is 1.97. The number of anilines is 1. The van der Waals surface area contributed by atoms with E-state index in [2.05, 4.69) is 29.6 Å². The Morgan fingerprint density at radius 3 is 2.82 bits per heavy atom. The zero-order chi connectivity index (χ0) is 12.5. The predicted molar refractivity (Wildman–Crippen MR) is 66.3 cm³/mol. The largest absolute Gasteiger partial charge is 0.347 e. The van der Waals surface area contributed by atoms with Gasteiger partial charge in [-0.15, -0.1) is 0 Å². The Hall–Kier alpha value is -1.62. The Labute approximate surface area is 101 Å². The number of aromatic nitrogens is 1. The van der Waals surface area contributed by atoms with E-state index in [4.69, 9.17) is 5.84 Å². The first-order chi connectivity index (χ1) is 8.04. The zero-order valence-electron chi connectivity index (χ0n) is 10.2. The Bertz CT molecular complexity index is 426. The minimum absolute atomic E-state index is 0.136. The molecule has 0 atom stereocenters. The zero-order valence-corrected chi connectivity index (χ0v) is 10.2. The number of rotatable bonds is 4. The van der Waals surface area contributed by atoms with Gasteiger partial charge < -0.3 is 10.7 Å². The van der Waals surface area contributed by atoms with Crippen molar-refractivity contribution >= 4 is 11.6 Å². The summed E-state index contributed by atoms with van der Waals surface area (Å²) in [7, 11) is 0. The summed E-state index contributed by atoms with van der Waals surface area (Å²) >= 11 is 0. The number of hydrogen-bond donors (Lipinski definition) is 3. The van der Waals surface area contributed by atoms with Crippen LogP contribution in [-0.2, 0) is 0 Å². The molecule has 17 heavy (non-hydrogen) atoms. The number of nitrogens with two attached hydrogens (primary N) is 1. The molecule has 0 radical (unpaired) electrons. The van der Waals surface area contributed by atoms with E-state index in [9.17, 15) is 4.79 Å². The van der Waals surface area contributed by atoms with E-state index in [-0.39, 0.29) is 11.4 Å². The lowest BCUT2D eigenvalue weighted by Gasteiger charge is -2.26. The lowest BCUT2D eigenvalue weighted by molar-refractivity contribution is 0.0904. The molecule has 1 saturated carbocycles. The van der Waals surface area contributed by atoms with Gasteiger partial charge in [0.05, 0.1) is 11.3 Å². The lowest BCUT2D eigenvalue weighted by Crippen LogP contribution is -2.45. The van der Waals surface area contributed by atoms with Gasteiger partial charge in [-0.3, -0.25) is 15.6 Å². The van der Waals surface area contributed by atoms with Crippen LogP contribution in [0.3, 0.4) is 0 Å². The summed E-state index contributed by atoms with van der Waals surface area (Å²) in [6, 6.07) is 1.68. The van der Waals surface area contributed by atoms with Crippen molar-refractivity contribution in [3.8, 4) is 0 Å². The number of hydrogen-bond acceptors (Lipinski definition) is 4. The van der Waals surface area contributed by atoms with Gasteiger partial charge in [0.1, 0.15) is 0 Å². The van der Waals surface area contributed by atoms with E-state index in [1.807, 2.05) is 0 Å². The van der Waals surface area contributed by atoms with Crippen molar-refractivity contribution in [3.05, 3.63) is 24.0 Å². The van der Waals surface area contributed by atoms with Crippen LogP contribution in [0.2, 0.25) is 0 Å². The highest BCUT2D eigenvalue weighted by molar-refractivity contribution is 5.99. The standard InChI is InChI=1S/C12H18N4O/c1-12(2,8-3-4-8)15-11(17)9-7-14-6-5-10(9)16-13/h5-8H,3-4,13H2,1-2H3,(H,14,16)(H,15,17). The number of hydrazine groups is 1. The number of carbonyl (C=O) groups is 1. The summed E-state index contributed by atoms with van der Waals surface area (Å²) in [6.45, 7) is 4.10. The van der Waals surface area contributed by atoms with Crippen molar-refractivity contribution in [1.29, 1.82) is 0 Å². The Balaban J connectivity index is 2.14. The van der Waals surface area contributed by atoms with Crippen molar-refractivity contribution in [2.75, 3.05) is 5.43 Å². The average molecular weight is 234 g/mol. The quantitative estimate of drug-likeness (QED) is 0.541. The number of carbonyl (C=O) groups excluding carboxylic acids is 1. The molecule has 1 aromatic rings. The van der Waals surface area contributed by atoms with Gasteiger partial charge >= 0.3 is 0 Å². The van der Waals surface area contributed by atoms with Crippen LogP contribution in [-0.4, -0.2) is 16.4 Å². The number of nitrogen functional groups attached to an aromatic ring is 1. The third-order valence-electron chi connectivity index (χ3n) is 3.25. The maximum atomic E-state index is 12.1. The molecule has 1 aliphatic rings. The fourth-order valence-electron chi connectivity index (χ4n) is 1.97. The Kier molecular flexibility index (Phi) is 3.02. The number of pyridine rings is 1. The maximum Gasteiger partial charge on any atom is 0.255 e. The highest BCUT2D eigenvalue weighted by Gasteiger charge is 2.39. The van der Waals surface area contributed by atoms with Gasteiger partial charge in [0, 0.05) is 17.9 Å². The highest BCUT2D eigenvalue weighted by atomic mass is 16.1. The molecule has 4 N–H and O–H groups in total. The highest BCUT2D eigenvalue weighted by Crippen LogP contribution is 2.39. The van der Waals surface area contributed by atoms with Crippen LogP contribution in [0.1, 0.15) is 37.0 Å². The molecule has 0 spiro atoms. The average Bonchev–Trinajstić information content (AvgIpc) is 3.12. The van der Waals surface area contributed by atoms with E-state index < -0.39 is 0 Å². The first-order valence-corrected chi connectivity index (χ1v) is 5.78. The van der Waals surface area contributed by atoms with Gasteiger partial charge in [-0.2, -0.15) is 0 Å². The molecule has 5 nitrogen and oxygen atoms in total. The van der Waals surface area contributed by atoms with Crippen LogP contribution in [0.15, 0.2) is 18.5 Å². The summed E-state index contributed by atoms with van der Waals surface area (Å²) in [5.74, 6) is 5.81. The summed E-state index contributed by atoms with van der Waals surface area (Å²) < 4.78 is 0. The molecule has 0 bridgehead atoms. The van der Waals surface area contributed by atoms with Crippen LogP contribution in [0.5, 0.6) is 0 Å². The lowest BCUT2D eigenvalue weighted by atomic mass is 9.98. The van der Waals surface area contributed by atoms with E-state index in [1.54, 1.807) is 12.3 Å². The third kappa shape index (κ3) is 2.55. The molecule has 1 amide bonds. The van der Waals surface area contributed by atoms with Crippen LogP contribution >= 0.6 is 0 Å². The molecule has 5 heteroatoms. The SMILES string of the molecule is CC(C)(NC(=O)c1cnccc1NN)C1CC1. The fraction of sp³-hybridized carbons (Fsp3) is 0.500. The van der Waals surface area contributed by atoms with Gasteiger partial charge in [0.2, 0.25) is 0 Å². The maximum absolute atomic E-state index is 12.1. The van der Waals surface area contributed by atoms with Crippen molar-refractivity contribution in [2.24, 2.45) is 11.8 Å². The smallest absolute Gasteiger partial charge is 0.255 e. The van der Waals surface area contributed by atoms with Gasteiger partial charge in [0.25, 0.3) is 5.91 Å². The number of amides is 1. The van der Waals surface area contributed by atoms with E-state index in [0.717, 1.165) is 0 Å². The van der Waals surface area contributed by atoms with Gasteiger partial charge in [-0.1, -0.05) is 0 Å². The van der Waals surface area contributed by atoms with Crippen molar-refractivity contribution in [2.45, 2.75) is 32.2 Å². The molecule has 0 unspecified atom stereocenters. The molecule has 0 aliphatic heterocycles. The van der Waals surface area contributed by atoms with Gasteiger partial charge in [0.15, 0.2) is 0 Å². The van der Waals surface area contributed by atoms with Gasteiger partial charge in [-0.05, 0) is 38.7 Å². The summed E-state index contributed by atoms with van der Waals surface area (Å²) in [5.41, 5.74) is 3.40. The molecule has 2 rings (SSSR count). The second kappa shape index (κ2) is 4.33. The summed E-state index contributed by atoms with van der Waals surface area (Å²) in [5, 5.41) is 3.03. The molecule has 0 saturated heterocycles. The number of nitrogens with zero attached hydrogens (tertiary/aromatic N) is 1. The molecular formula is C12H18N4O. The topological polar surface area (TPSA) is 80.0 Å². The molecule has 0 aromatic carbocycles. The second-order valence-corrected chi connectivity index (χ2v) is 5.02. The molecule has 1 aromatic heterocycles. The molecule has 1 fully saturated rings. The molecule has 1 heterocycles. The second-order valence-electron chi connectivity index (χ2n) is 5.02. The van der Waals surface area contributed by atoms with E-state index in [1.165, 1.54) is 19.0 Å². The van der Waals surface area contributed by atoms with Crippen molar-refractivity contribution in [1.82, 2.24) is 10.3 Å².